The minimum atomic E-state index is -0.709. The van der Waals surface area contributed by atoms with Crippen molar-refractivity contribution in [3.63, 3.8) is 0 Å². The van der Waals surface area contributed by atoms with Crippen LogP contribution in [0.15, 0.2) is 47.6 Å². The van der Waals surface area contributed by atoms with E-state index in [1.807, 2.05) is 12.1 Å². The van der Waals surface area contributed by atoms with Crippen molar-refractivity contribution in [2.75, 3.05) is 12.4 Å². The van der Waals surface area contributed by atoms with Crippen LogP contribution in [0.25, 0.3) is 0 Å². The summed E-state index contributed by atoms with van der Waals surface area (Å²) >= 11 is 11.8. The van der Waals surface area contributed by atoms with Crippen LogP contribution < -0.4 is 10.1 Å². The Morgan fingerprint density at radius 1 is 1.21 bits per heavy atom. The van der Waals surface area contributed by atoms with Crippen LogP contribution in [0.4, 0.5) is 5.69 Å². The van der Waals surface area contributed by atoms with Gasteiger partial charge in [0, 0.05) is 16.5 Å². The van der Waals surface area contributed by atoms with Gasteiger partial charge >= 0.3 is 0 Å². The Balaban J connectivity index is 1.68. The average molecular weight is 365 g/mol. The zero-order valence-electron chi connectivity index (χ0n) is 12.8. The van der Waals surface area contributed by atoms with Crippen LogP contribution in [0.2, 0.25) is 10.0 Å². The Bertz CT molecular complexity index is 791. The van der Waals surface area contributed by atoms with Crippen molar-refractivity contribution in [1.82, 2.24) is 0 Å². The number of amides is 1. The zero-order chi connectivity index (χ0) is 17.1. The minimum Gasteiger partial charge on any atom is -0.495 e. The Hall–Kier alpha value is -2.24. The first-order valence-electron chi connectivity index (χ1n) is 7.20. The second-order valence-electron chi connectivity index (χ2n) is 5.18. The Morgan fingerprint density at radius 2 is 1.92 bits per heavy atom. The summed E-state index contributed by atoms with van der Waals surface area (Å²) in [6.45, 7) is 0. The number of nitrogens with zero attached hydrogens (tertiary/aromatic N) is 1. The van der Waals surface area contributed by atoms with Crippen molar-refractivity contribution in [3.05, 3.63) is 58.1 Å². The number of anilines is 1. The number of ether oxygens (including phenoxy) is 1. The van der Waals surface area contributed by atoms with E-state index in [0.717, 1.165) is 5.56 Å². The van der Waals surface area contributed by atoms with Crippen LogP contribution in [0.3, 0.4) is 0 Å². The molecule has 2 aromatic rings. The summed E-state index contributed by atoms with van der Waals surface area (Å²) in [6.07, 6.45) is -0.338. The topological polar surface area (TPSA) is 59.9 Å². The van der Waals surface area contributed by atoms with Gasteiger partial charge in [-0.3, -0.25) is 4.79 Å². The van der Waals surface area contributed by atoms with Crippen molar-refractivity contribution in [1.29, 1.82) is 0 Å². The molecule has 124 valence electrons. The van der Waals surface area contributed by atoms with Crippen LogP contribution in [0.5, 0.6) is 5.75 Å². The quantitative estimate of drug-likeness (QED) is 0.886. The highest BCUT2D eigenvalue weighted by Gasteiger charge is 2.29. The molecule has 3 rings (SSSR count). The van der Waals surface area contributed by atoms with Gasteiger partial charge < -0.3 is 14.9 Å². The van der Waals surface area contributed by atoms with Gasteiger partial charge in [-0.15, -0.1) is 0 Å². The molecule has 0 saturated heterocycles. The number of carbonyl (C=O) groups is 1. The molecule has 1 N–H and O–H groups in total. The number of carbonyl (C=O) groups excluding carboxylic acids is 1. The maximum absolute atomic E-state index is 12.4. The predicted octanol–water partition coefficient (Wildman–Crippen LogP) is 4.13. The van der Waals surface area contributed by atoms with Gasteiger partial charge in [-0.2, -0.15) is 0 Å². The molecule has 0 fully saturated rings. The molecule has 0 bridgehead atoms. The van der Waals surface area contributed by atoms with E-state index in [1.54, 1.807) is 30.3 Å². The van der Waals surface area contributed by atoms with Gasteiger partial charge in [0.25, 0.3) is 5.91 Å². The number of oxime groups is 1. The van der Waals surface area contributed by atoms with Crippen LogP contribution in [0, 0.1) is 0 Å². The summed E-state index contributed by atoms with van der Waals surface area (Å²) < 4.78 is 5.21. The van der Waals surface area contributed by atoms with E-state index in [2.05, 4.69) is 10.5 Å². The Kier molecular flexibility index (Phi) is 4.92. The monoisotopic (exact) mass is 364 g/mol. The van der Waals surface area contributed by atoms with Gasteiger partial charge in [0.05, 0.1) is 18.5 Å². The van der Waals surface area contributed by atoms with E-state index in [4.69, 9.17) is 32.8 Å². The number of halogens is 2. The molecule has 0 aliphatic carbocycles. The molecule has 1 amide bonds. The SMILES string of the molecule is COc1ccc(Cl)cc1NC(=O)[C@@H]1CC(c2ccc(Cl)cc2)=NO1. The van der Waals surface area contributed by atoms with Crippen LogP contribution in [-0.4, -0.2) is 24.8 Å². The summed E-state index contributed by atoms with van der Waals surface area (Å²) in [6, 6.07) is 12.2. The summed E-state index contributed by atoms with van der Waals surface area (Å²) in [5.74, 6) is 0.202. The van der Waals surface area contributed by atoms with Gasteiger partial charge in [0.2, 0.25) is 6.10 Å². The highest BCUT2D eigenvalue weighted by Crippen LogP contribution is 2.28. The fraction of sp³-hybridized carbons (Fsp3) is 0.176. The fourth-order valence-corrected chi connectivity index (χ4v) is 2.62. The maximum Gasteiger partial charge on any atom is 0.268 e. The highest BCUT2D eigenvalue weighted by atomic mass is 35.5. The molecule has 7 heteroatoms. The third-order valence-electron chi connectivity index (χ3n) is 3.56. The van der Waals surface area contributed by atoms with Gasteiger partial charge in [-0.1, -0.05) is 40.5 Å². The number of rotatable bonds is 4. The number of hydrogen-bond donors (Lipinski definition) is 1. The Labute approximate surface area is 149 Å². The lowest BCUT2D eigenvalue weighted by Crippen LogP contribution is -2.28. The molecule has 0 unspecified atom stereocenters. The number of benzene rings is 2. The number of hydrogen-bond acceptors (Lipinski definition) is 4. The molecular weight excluding hydrogens is 351 g/mol. The van der Waals surface area contributed by atoms with Crippen molar-refractivity contribution in [3.8, 4) is 5.75 Å². The summed E-state index contributed by atoms with van der Waals surface area (Å²) in [5, 5.41) is 7.89. The molecule has 1 aliphatic heterocycles. The van der Waals surface area contributed by atoms with E-state index in [1.165, 1.54) is 7.11 Å². The lowest BCUT2D eigenvalue weighted by molar-refractivity contribution is -0.125. The maximum atomic E-state index is 12.4. The molecule has 0 aromatic heterocycles. The molecular formula is C17H14Cl2N2O3. The van der Waals surface area contributed by atoms with E-state index in [9.17, 15) is 4.79 Å². The molecule has 1 atom stereocenters. The van der Waals surface area contributed by atoms with Crippen molar-refractivity contribution in [2.45, 2.75) is 12.5 Å². The first-order chi connectivity index (χ1) is 11.6. The first-order valence-corrected chi connectivity index (χ1v) is 7.95. The number of nitrogens with one attached hydrogen (secondary N) is 1. The van der Waals surface area contributed by atoms with Gasteiger partial charge in [-0.05, 0) is 35.9 Å². The lowest BCUT2D eigenvalue weighted by Gasteiger charge is -2.13. The zero-order valence-corrected chi connectivity index (χ0v) is 14.3. The van der Waals surface area contributed by atoms with Crippen molar-refractivity contribution in [2.24, 2.45) is 5.16 Å². The second-order valence-corrected chi connectivity index (χ2v) is 6.05. The Morgan fingerprint density at radius 3 is 2.62 bits per heavy atom. The average Bonchev–Trinajstić information content (AvgIpc) is 3.06. The van der Waals surface area contributed by atoms with Crippen LogP contribution in [-0.2, 0) is 9.63 Å². The molecule has 24 heavy (non-hydrogen) atoms. The molecule has 0 spiro atoms. The second kappa shape index (κ2) is 7.11. The molecule has 2 aromatic carbocycles. The summed E-state index contributed by atoms with van der Waals surface area (Å²) in [5.41, 5.74) is 2.05. The molecule has 0 saturated carbocycles. The molecule has 5 nitrogen and oxygen atoms in total. The summed E-state index contributed by atoms with van der Waals surface area (Å²) in [7, 11) is 1.52. The number of methoxy groups -OCH3 is 1. The fourth-order valence-electron chi connectivity index (χ4n) is 2.32. The highest BCUT2D eigenvalue weighted by molar-refractivity contribution is 6.31. The standard InChI is InChI=1S/C17H14Cl2N2O3/c1-23-15-7-6-12(19)8-14(15)20-17(22)16-9-13(21-24-16)10-2-4-11(18)5-3-10/h2-8,16H,9H2,1H3,(H,20,22)/t16-/m0/s1. The van der Waals surface area contributed by atoms with Crippen molar-refractivity contribution < 1.29 is 14.4 Å². The van der Waals surface area contributed by atoms with E-state index >= 15 is 0 Å². The molecule has 0 radical (unpaired) electrons. The van der Waals surface area contributed by atoms with E-state index < -0.39 is 6.10 Å². The van der Waals surface area contributed by atoms with Crippen LogP contribution in [0.1, 0.15) is 12.0 Å². The minimum absolute atomic E-state index is 0.316. The first kappa shape index (κ1) is 16.6. The van der Waals surface area contributed by atoms with Crippen molar-refractivity contribution >= 4 is 40.5 Å². The predicted molar refractivity (Wildman–Crippen MR) is 94.1 cm³/mol. The smallest absolute Gasteiger partial charge is 0.268 e. The van der Waals surface area contributed by atoms with Gasteiger partial charge in [0.15, 0.2) is 0 Å². The van der Waals surface area contributed by atoms with E-state index in [-0.39, 0.29) is 5.91 Å². The largest absolute Gasteiger partial charge is 0.495 e. The lowest BCUT2D eigenvalue weighted by atomic mass is 10.0. The third kappa shape index (κ3) is 3.63. The molecule has 1 heterocycles. The van der Waals surface area contributed by atoms with Crippen LogP contribution >= 0.6 is 23.2 Å². The van der Waals surface area contributed by atoms with Gasteiger partial charge in [0.1, 0.15) is 5.75 Å². The normalized spacial score (nSPS) is 16.3. The molecule has 1 aliphatic rings. The van der Waals surface area contributed by atoms with E-state index in [0.29, 0.717) is 33.6 Å². The van der Waals surface area contributed by atoms with Gasteiger partial charge in [-0.25, -0.2) is 0 Å². The third-order valence-corrected chi connectivity index (χ3v) is 4.05. The summed E-state index contributed by atoms with van der Waals surface area (Å²) in [4.78, 5) is 17.7.